The average molecular weight is 322 g/mol. The topological polar surface area (TPSA) is 75.3 Å². The van der Waals surface area contributed by atoms with E-state index in [1.807, 2.05) is 36.4 Å². The van der Waals surface area contributed by atoms with Crippen molar-refractivity contribution in [2.75, 3.05) is 12.3 Å². The van der Waals surface area contributed by atoms with Gasteiger partial charge in [-0.05, 0) is 31.2 Å². The molecule has 0 bridgehead atoms. The Balaban J connectivity index is 1.73. The molecule has 2 N–H and O–H groups in total. The minimum atomic E-state index is -3.39. The zero-order valence-corrected chi connectivity index (χ0v) is 13.4. The number of sulfonamides is 1. The van der Waals surface area contributed by atoms with Crippen LogP contribution in [0.3, 0.4) is 0 Å². The van der Waals surface area contributed by atoms with Gasteiger partial charge in [0.15, 0.2) is 0 Å². The van der Waals surface area contributed by atoms with E-state index in [9.17, 15) is 13.2 Å². The van der Waals surface area contributed by atoms with Gasteiger partial charge in [0.2, 0.25) is 15.9 Å². The van der Waals surface area contributed by atoms with E-state index >= 15 is 0 Å². The Kier molecular flexibility index (Phi) is 6.15. The fraction of sp³-hybridized carbons (Fsp3) is 0.438. The number of allylic oxidation sites excluding steroid dienone is 1. The fourth-order valence-electron chi connectivity index (χ4n) is 2.32. The molecule has 120 valence electrons. The van der Waals surface area contributed by atoms with Gasteiger partial charge in [-0.1, -0.05) is 36.4 Å². The summed E-state index contributed by atoms with van der Waals surface area (Å²) in [4.78, 5) is 11.9. The maximum absolute atomic E-state index is 11.9. The summed E-state index contributed by atoms with van der Waals surface area (Å²) >= 11 is 0. The van der Waals surface area contributed by atoms with Crippen molar-refractivity contribution >= 4 is 15.9 Å². The second-order valence-corrected chi connectivity index (χ2v) is 7.28. The Morgan fingerprint density at radius 3 is 2.59 bits per heavy atom. The normalized spacial score (nSPS) is 15.2. The fourth-order valence-corrected chi connectivity index (χ4v) is 3.22. The molecule has 0 unspecified atom stereocenters. The van der Waals surface area contributed by atoms with Crippen molar-refractivity contribution in [3.63, 3.8) is 0 Å². The minimum absolute atomic E-state index is 0.112. The average Bonchev–Trinajstić information content (AvgIpc) is 2.55. The van der Waals surface area contributed by atoms with Crippen molar-refractivity contribution in [1.82, 2.24) is 10.0 Å². The molecule has 0 aliphatic heterocycles. The number of carbonyl (C=O) groups excluding carboxylic acids is 1. The van der Waals surface area contributed by atoms with Crippen LogP contribution in [-0.2, 0) is 21.4 Å². The lowest BCUT2D eigenvalue weighted by molar-refractivity contribution is -0.117. The predicted octanol–water partition coefficient (Wildman–Crippen LogP) is 1.72. The van der Waals surface area contributed by atoms with Crippen LogP contribution in [0.25, 0.3) is 0 Å². The van der Waals surface area contributed by atoms with Crippen LogP contribution in [0.1, 0.15) is 31.2 Å². The molecule has 0 atom stereocenters. The molecule has 0 saturated carbocycles. The van der Waals surface area contributed by atoms with Crippen LogP contribution in [0, 0.1) is 0 Å². The summed E-state index contributed by atoms with van der Waals surface area (Å²) in [5.41, 5.74) is 1.68. The first-order chi connectivity index (χ1) is 10.6. The largest absolute Gasteiger partial charge is 0.351 e. The van der Waals surface area contributed by atoms with Crippen molar-refractivity contribution in [1.29, 1.82) is 0 Å². The highest BCUT2D eigenvalue weighted by Gasteiger charge is 2.14. The summed E-state index contributed by atoms with van der Waals surface area (Å²) in [7, 11) is -3.39. The Morgan fingerprint density at radius 2 is 1.91 bits per heavy atom. The number of rotatable bonds is 7. The standard InChI is InChI=1S/C16H22N2O3S/c19-16(15-9-5-2-6-10-15)17-11-12-22(20,21)18-13-14-7-3-1-4-8-14/h1,3-4,7-9,18H,2,5-6,10-13H2,(H,17,19). The number of hydrogen-bond donors (Lipinski definition) is 2. The maximum Gasteiger partial charge on any atom is 0.246 e. The van der Waals surface area contributed by atoms with Crippen LogP contribution in [0.2, 0.25) is 0 Å². The first-order valence-corrected chi connectivity index (χ1v) is 9.20. The molecule has 0 fully saturated rings. The molecule has 0 saturated heterocycles. The second kappa shape index (κ2) is 8.10. The van der Waals surface area contributed by atoms with Crippen molar-refractivity contribution < 1.29 is 13.2 Å². The van der Waals surface area contributed by atoms with Gasteiger partial charge in [-0.15, -0.1) is 0 Å². The van der Waals surface area contributed by atoms with Gasteiger partial charge >= 0.3 is 0 Å². The quantitative estimate of drug-likeness (QED) is 0.802. The molecule has 1 aliphatic carbocycles. The molecule has 22 heavy (non-hydrogen) atoms. The van der Waals surface area contributed by atoms with Crippen LogP contribution in [0.4, 0.5) is 0 Å². The maximum atomic E-state index is 11.9. The first-order valence-electron chi connectivity index (χ1n) is 7.55. The number of hydrogen-bond acceptors (Lipinski definition) is 3. The highest BCUT2D eigenvalue weighted by atomic mass is 32.2. The van der Waals surface area contributed by atoms with Crippen molar-refractivity contribution in [3.8, 4) is 0 Å². The Hall–Kier alpha value is -1.66. The molecule has 0 aromatic heterocycles. The van der Waals surface area contributed by atoms with Gasteiger partial charge in [0.1, 0.15) is 0 Å². The first kappa shape index (κ1) is 16.7. The monoisotopic (exact) mass is 322 g/mol. The highest BCUT2D eigenvalue weighted by Crippen LogP contribution is 2.16. The summed E-state index contributed by atoms with van der Waals surface area (Å²) in [6.07, 6.45) is 5.80. The van der Waals surface area contributed by atoms with Gasteiger partial charge in [0, 0.05) is 18.7 Å². The highest BCUT2D eigenvalue weighted by molar-refractivity contribution is 7.89. The van der Waals surface area contributed by atoms with Gasteiger partial charge in [0.05, 0.1) is 5.75 Å². The summed E-state index contributed by atoms with van der Waals surface area (Å²) in [6, 6.07) is 9.33. The van der Waals surface area contributed by atoms with E-state index in [0.29, 0.717) is 0 Å². The van der Waals surface area contributed by atoms with Gasteiger partial charge in [0.25, 0.3) is 0 Å². The molecule has 0 heterocycles. The lowest BCUT2D eigenvalue weighted by atomic mass is 9.99. The van der Waals surface area contributed by atoms with Crippen molar-refractivity contribution in [2.45, 2.75) is 32.2 Å². The summed E-state index contributed by atoms with van der Waals surface area (Å²) in [6.45, 7) is 0.391. The summed E-state index contributed by atoms with van der Waals surface area (Å²) in [5, 5.41) is 2.68. The van der Waals surface area contributed by atoms with E-state index in [4.69, 9.17) is 0 Å². The van der Waals surface area contributed by atoms with Gasteiger partial charge in [-0.3, -0.25) is 4.79 Å². The molecule has 0 spiro atoms. The molecular formula is C16H22N2O3S. The molecule has 1 amide bonds. The van der Waals surface area contributed by atoms with E-state index < -0.39 is 10.0 Å². The SMILES string of the molecule is O=C(NCCS(=O)(=O)NCc1ccccc1)C1=CCCCC1. The van der Waals surface area contributed by atoms with Crippen LogP contribution in [-0.4, -0.2) is 26.6 Å². The predicted molar refractivity (Wildman–Crippen MR) is 86.6 cm³/mol. The molecule has 2 rings (SSSR count). The molecule has 1 aromatic rings. The van der Waals surface area contributed by atoms with E-state index in [1.165, 1.54) is 0 Å². The van der Waals surface area contributed by atoms with Crippen molar-refractivity contribution in [2.24, 2.45) is 0 Å². The van der Waals surface area contributed by atoms with Crippen molar-refractivity contribution in [3.05, 3.63) is 47.5 Å². The third-order valence-corrected chi connectivity index (χ3v) is 4.90. The Labute approximate surface area is 131 Å². The van der Waals surface area contributed by atoms with Crippen LogP contribution < -0.4 is 10.0 Å². The molecule has 6 heteroatoms. The van der Waals surface area contributed by atoms with E-state index in [0.717, 1.165) is 36.8 Å². The van der Waals surface area contributed by atoms with Crippen LogP contribution in [0.15, 0.2) is 42.0 Å². The Morgan fingerprint density at radius 1 is 1.14 bits per heavy atom. The third-order valence-electron chi connectivity index (χ3n) is 3.58. The zero-order valence-electron chi connectivity index (χ0n) is 12.5. The summed E-state index contributed by atoms with van der Waals surface area (Å²) < 4.78 is 26.3. The minimum Gasteiger partial charge on any atom is -0.351 e. The molecule has 0 radical (unpaired) electrons. The lowest BCUT2D eigenvalue weighted by Gasteiger charge is -2.13. The number of carbonyl (C=O) groups is 1. The van der Waals surface area contributed by atoms with E-state index in [-0.39, 0.29) is 24.7 Å². The zero-order chi connectivity index (χ0) is 15.8. The second-order valence-electron chi connectivity index (χ2n) is 5.36. The molecule has 1 aliphatic rings. The molecule has 5 nitrogen and oxygen atoms in total. The number of benzene rings is 1. The molecule has 1 aromatic carbocycles. The van der Waals surface area contributed by atoms with Gasteiger partial charge in [-0.25, -0.2) is 13.1 Å². The number of nitrogens with one attached hydrogen (secondary N) is 2. The van der Waals surface area contributed by atoms with E-state index in [2.05, 4.69) is 10.0 Å². The third kappa shape index (κ3) is 5.61. The smallest absolute Gasteiger partial charge is 0.246 e. The van der Waals surface area contributed by atoms with Gasteiger partial charge < -0.3 is 5.32 Å². The van der Waals surface area contributed by atoms with Crippen LogP contribution in [0.5, 0.6) is 0 Å². The van der Waals surface area contributed by atoms with Crippen LogP contribution >= 0.6 is 0 Å². The summed E-state index contributed by atoms with van der Waals surface area (Å²) in [5.74, 6) is -0.253. The Bertz CT molecular complexity index is 624. The van der Waals surface area contributed by atoms with E-state index in [1.54, 1.807) is 0 Å². The van der Waals surface area contributed by atoms with Gasteiger partial charge in [-0.2, -0.15) is 0 Å². The number of amides is 1. The molecular weight excluding hydrogens is 300 g/mol. The lowest BCUT2D eigenvalue weighted by Crippen LogP contribution is -2.35.